The van der Waals surface area contributed by atoms with E-state index in [2.05, 4.69) is 6.07 Å². The molecule has 0 unspecified atom stereocenters. The summed E-state index contributed by atoms with van der Waals surface area (Å²) in [5, 5.41) is 9.09. The summed E-state index contributed by atoms with van der Waals surface area (Å²) in [5.74, 6) is 0.654. The highest BCUT2D eigenvalue weighted by Crippen LogP contribution is 2.33. The predicted octanol–water partition coefficient (Wildman–Crippen LogP) is 3.51. The summed E-state index contributed by atoms with van der Waals surface area (Å²) in [6, 6.07) is 4.04. The summed E-state index contributed by atoms with van der Waals surface area (Å²) in [5.41, 5.74) is 1.47. The van der Waals surface area contributed by atoms with E-state index in [4.69, 9.17) is 9.84 Å². The summed E-state index contributed by atoms with van der Waals surface area (Å²) in [7, 11) is 1.65. The van der Waals surface area contributed by atoms with Crippen molar-refractivity contribution in [1.82, 2.24) is 0 Å². The number of hydrogen-bond acceptors (Lipinski definition) is 3. The number of carbonyl (C=O) groups is 1. The Morgan fingerprint density at radius 2 is 1.94 bits per heavy atom. The molecule has 0 heterocycles. The Balaban J connectivity index is 2.86. The number of aliphatic carboxylic acids is 1. The molecule has 1 rings (SSSR count). The van der Waals surface area contributed by atoms with Crippen molar-refractivity contribution < 1.29 is 14.6 Å². The van der Waals surface area contributed by atoms with Crippen molar-refractivity contribution in [1.29, 1.82) is 0 Å². The number of carboxylic acid groups (broad SMARTS) is 1. The SMILES string of the molecule is COc1cc(C)c(SCC(C)(C)C(=O)O)cc1C. The Hall–Kier alpha value is -1.16. The van der Waals surface area contributed by atoms with Gasteiger partial charge < -0.3 is 9.84 Å². The molecule has 18 heavy (non-hydrogen) atoms. The third kappa shape index (κ3) is 3.42. The summed E-state index contributed by atoms with van der Waals surface area (Å²) >= 11 is 1.58. The van der Waals surface area contributed by atoms with Crippen LogP contribution in [0.5, 0.6) is 5.75 Å². The zero-order chi connectivity index (χ0) is 13.9. The number of carboxylic acids is 1. The molecule has 0 bridgehead atoms. The predicted molar refractivity (Wildman–Crippen MR) is 74.6 cm³/mol. The van der Waals surface area contributed by atoms with Crippen LogP contribution in [0, 0.1) is 19.3 Å². The molecule has 1 aromatic carbocycles. The van der Waals surface area contributed by atoms with Crippen LogP contribution < -0.4 is 4.74 Å². The van der Waals surface area contributed by atoms with Crippen LogP contribution in [-0.2, 0) is 4.79 Å². The van der Waals surface area contributed by atoms with Gasteiger partial charge in [0, 0.05) is 10.6 Å². The van der Waals surface area contributed by atoms with Crippen LogP contribution in [0.2, 0.25) is 0 Å². The first-order chi connectivity index (χ1) is 8.27. The van der Waals surface area contributed by atoms with E-state index in [1.165, 1.54) is 0 Å². The molecule has 1 N–H and O–H groups in total. The van der Waals surface area contributed by atoms with Crippen LogP contribution in [0.25, 0.3) is 0 Å². The van der Waals surface area contributed by atoms with Gasteiger partial charge >= 0.3 is 5.97 Å². The van der Waals surface area contributed by atoms with E-state index in [9.17, 15) is 4.79 Å². The average Bonchev–Trinajstić information content (AvgIpc) is 2.29. The fraction of sp³-hybridized carbons (Fsp3) is 0.500. The molecule has 0 aliphatic carbocycles. The van der Waals surface area contributed by atoms with Crippen molar-refractivity contribution in [3.8, 4) is 5.75 Å². The average molecular weight is 268 g/mol. The Labute approximate surface area is 113 Å². The monoisotopic (exact) mass is 268 g/mol. The first-order valence-electron chi connectivity index (χ1n) is 5.79. The molecule has 1 aromatic rings. The minimum Gasteiger partial charge on any atom is -0.496 e. The van der Waals surface area contributed by atoms with Gasteiger partial charge in [-0.15, -0.1) is 11.8 Å². The number of aryl methyl sites for hydroxylation is 2. The second-order valence-corrected chi connectivity index (χ2v) is 6.08. The van der Waals surface area contributed by atoms with Gasteiger partial charge in [0.2, 0.25) is 0 Å². The Morgan fingerprint density at radius 3 is 2.44 bits per heavy atom. The minimum absolute atomic E-state index is 0.551. The lowest BCUT2D eigenvalue weighted by molar-refractivity contribution is -0.145. The lowest BCUT2D eigenvalue weighted by Gasteiger charge is -2.19. The van der Waals surface area contributed by atoms with Gasteiger partial charge in [-0.2, -0.15) is 0 Å². The van der Waals surface area contributed by atoms with E-state index in [1.54, 1.807) is 32.7 Å². The number of benzene rings is 1. The molecular formula is C14H20O3S. The lowest BCUT2D eigenvalue weighted by atomic mass is 9.97. The van der Waals surface area contributed by atoms with E-state index >= 15 is 0 Å². The van der Waals surface area contributed by atoms with E-state index in [-0.39, 0.29) is 0 Å². The van der Waals surface area contributed by atoms with Crippen molar-refractivity contribution >= 4 is 17.7 Å². The summed E-state index contributed by atoms with van der Waals surface area (Å²) in [4.78, 5) is 12.2. The number of hydrogen-bond donors (Lipinski definition) is 1. The van der Waals surface area contributed by atoms with Gasteiger partial charge in [0.25, 0.3) is 0 Å². The number of methoxy groups -OCH3 is 1. The standard InChI is InChI=1S/C14H20O3S/c1-9-7-12(10(2)6-11(9)17-5)18-8-14(3,4)13(15)16/h6-7H,8H2,1-5H3,(H,15,16). The smallest absolute Gasteiger partial charge is 0.309 e. The Kier molecular flexibility index (Phi) is 4.68. The van der Waals surface area contributed by atoms with Crippen molar-refractivity contribution in [2.45, 2.75) is 32.6 Å². The maximum atomic E-state index is 11.1. The molecule has 0 atom stereocenters. The molecule has 0 saturated carbocycles. The zero-order valence-electron chi connectivity index (χ0n) is 11.5. The topological polar surface area (TPSA) is 46.5 Å². The second kappa shape index (κ2) is 5.65. The minimum atomic E-state index is -0.766. The van der Waals surface area contributed by atoms with Gasteiger partial charge in [-0.25, -0.2) is 0 Å². The third-order valence-corrected chi connectivity index (χ3v) is 4.48. The van der Waals surface area contributed by atoms with Crippen LogP contribution in [0.15, 0.2) is 17.0 Å². The quantitative estimate of drug-likeness (QED) is 0.830. The van der Waals surface area contributed by atoms with Gasteiger partial charge in [0.05, 0.1) is 12.5 Å². The van der Waals surface area contributed by atoms with Crippen LogP contribution >= 0.6 is 11.8 Å². The summed E-state index contributed by atoms with van der Waals surface area (Å²) in [6.45, 7) is 7.49. The van der Waals surface area contributed by atoms with Crippen molar-refractivity contribution in [3.05, 3.63) is 23.3 Å². The van der Waals surface area contributed by atoms with Crippen molar-refractivity contribution in [2.75, 3.05) is 12.9 Å². The second-order valence-electron chi connectivity index (χ2n) is 5.07. The van der Waals surface area contributed by atoms with Crippen molar-refractivity contribution in [2.24, 2.45) is 5.41 Å². The highest BCUT2D eigenvalue weighted by Gasteiger charge is 2.27. The maximum Gasteiger partial charge on any atom is 0.309 e. The fourth-order valence-corrected chi connectivity index (χ4v) is 2.65. The molecular weight excluding hydrogens is 248 g/mol. The molecule has 0 amide bonds. The van der Waals surface area contributed by atoms with Gasteiger partial charge in [0.15, 0.2) is 0 Å². The molecule has 0 spiro atoms. The molecule has 0 aliphatic rings. The van der Waals surface area contributed by atoms with Crippen molar-refractivity contribution in [3.63, 3.8) is 0 Å². The van der Waals surface area contributed by atoms with Gasteiger partial charge in [-0.3, -0.25) is 4.79 Å². The van der Waals surface area contributed by atoms with Crippen LogP contribution in [-0.4, -0.2) is 23.9 Å². The number of ether oxygens (including phenoxy) is 1. The summed E-state index contributed by atoms with van der Waals surface area (Å²) in [6.07, 6.45) is 0. The third-order valence-electron chi connectivity index (χ3n) is 2.86. The largest absolute Gasteiger partial charge is 0.496 e. The van der Waals surface area contributed by atoms with Crippen LogP contribution in [0.3, 0.4) is 0 Å². The molecule has 0 saturated heterocycles. The molecule has 4 heteroatoms. The van der Waals surface area contributed by atoms with E-state index in [0.717, 1.165) is 21.8 Å². The lowest BCUT2D eigenvalue weighted by Crippen LogP contribution is -2.26. The van der Waals surface area contributed by atoms with Crippen LogP contribution in [0.4, 0.5) is 0 Å². The molecule has 0 aliphatic heterocycles. The Morgan fingerprint density at radius 1 is 1.33 bits per heavy atom. The van der Waals surface area contributed by atoms with Crippen LogP contribution in [0.1, 0.15) is 25.0 Å². The first-order valence-corrected chi connectivity index (χ1v) is 6.78. The van der Waals surface area contributed by atoms with E-state index < -0.39 is 11.4 Å². The van der Waals surface area contributed by atoms with Gasteiger partial charge in [0.1, 0.15) is 5.75 Å². The molecule has 0 fully saturated rings. The number of thioether (sulfide) groups is 1. The van der Waals surface area contributed by atoms with Gasteiger partial charge in [-0.05, 0) is 51.0 Å². The Bertz CT molecular complexity index is 453. The normalized spacial score (nSPS) is 11.4. The molecule has 100 valence electrons. The highest BCUT2D eigenvalue weighted by atomic mass is 32.2. The maximum absolute atomic E-state index is 11.1. The van der Waals surface area contributed by atoms with E-state index in [0.29, 0.717) is 5.75 Å². The molecule has 0 radical (unpaired) electrons. The van der Waals surface area contributed by atoms with Gasteiger partial charge in [-0.1, -0.05) is 0 Å². The molecule has 3 nitrogen and oxygen atoms in total. The molecule has 0 aromatic heterocycles. The fourth-order valence-electron chi connectivity index (χ4n) is 1.46. The highest BCUT2D eigenvalue weighted by molar-refractivity contribution is 7.99. The summed E-state index contributed by atoms with van der Waals surface area (Å²) < 4.78 is 5.26. The zero-order valence-corrected chi connectivity index (χ0v) is 12.4. The first kappa shape index (κ1) is 14.9. The van der Waals surface area contributed by atoms with E-state index in [1.807, 2.05) is 19.9 Å². The number of rotatable bonds is 5.